The van der Waals surface area contributed by atoms with E-state index in [0.29, 0.717) is 18.9 Å². The van der Waals surface area contributed by atoms with Gasteiger partial charge in [0.25, 0.3) is 0 Å². The lowest BCUT2D eigenvalue weighted by molar-refractivity contribution is 0.299. The number of nitrogens with zero attached hydrogens (tertiary/aromatic N) is 3. The van der Waals surface area contributed by atoms with E-state index in [-0.39, 0.29) is 6.61 Å². The average molecular weight is 363 g/mol. The topological polar surface area (TPSA) is 73.3 Å². The van der Waals surface area contributed by atoms with Crippen molar-refractivity contribution in [3.8, 4) is 17.2 Å². The summed E-state index contributed by atoms with van der Waals surface area (Å²) in [5.74, 6) is 2.18. The van der Waals surface area contributed by atoms with Gasteiger partial charge in [-0.25, -0.2) is 4.98 Å². The van der Waals surface area contributed by atoms with Gasteiger partial charge in [-0.3, -0.25) is 4.68 Å². The smallest absolute Gasteiger partial charge is 0.227 e. The fourth-order valence-electron chi connectivity index (χ4n) is 3.23. The number of rotatable bonds is 6. The number of ether oxygens (including phenoxy) is 1. The monoisotopic (exact) mass is 363 g/mol. The molecule has 0 spiro atoms. The number of aliphatic hydroxyl groups is 1. The highest BCUT2D eigenvalue weighted by Crippen LogP contribution is 2.34. The molecule has 0 aliphatic rings. The first-order chi connectivity index (χ1) is 13.2. The van der Waals surface area contributed by atoms with E-state index in [9.17, 15) is 0 Å². The van der Waals surface area contributed by atoms with Crippen LogP contribution in [0.25, 0.3) is 22.2 Å². The molecule has 0 saturated carbocycles. The maximum absolute atomic E-state index is 9.04. The standard InChI is InChI=1S/C21H21N3O3/c1-14-19(13-24-12-15(9-10-25)11-22-24)23-21(27-14)18-7-8-20(26-2)17-6-4-3-5-16(17)18/h3-8,11-12,25H,9-10,13H2,1-2H3. The van der Waals surface area contributed by atoms with Crippen molar-refractivity contribution in [2.24, 2.45) is 0 Å². The van der Waals surface area contributed by atoms with Crippen LogP contribution in [0.5, 0.6) is 5.75 Å². The highest BCUT2D eigenvalue weighted by Gasteiger charge is 2.16. The second kappa shape index (κ2) is 7.25. The molecular formula is C21H21N3O3. The predicted octanol–water partition coefficient (Wildman–Crippen LogP) is 3.59. The van der Waals surface area contributed by atoms with Crippen molar-refractivity contribution in [2.45, 2.75) is 19.9 Å². The summed E-state index contributed by atoms with van der Waals surface area (Å²) in [6.45, 7) is 2.55. The van der Waals surface area contributed by atoms with Crippen molar-refractivity contribution in [1.82, 2.24) is 14.8 Å². The SMILES string of the molecule is COc1ccc(-c2nc(Cn3cc(CCO)cn3)c(C)o2)c2ccccc12. The van der Waals surface area contributed by atoms with Crippen molar-refractivity contribution >= 4 is 10.8 Å². The van der Waals surface area contributed by atoms with Gasteiger partial charge in [-0.1, -0.05) is 24.3 Å². The molecule has 138 valence electrons. The van der Waals surface area contributed by atoms with E-state index in [4.69, 9.17) is 19.2 Å². The highest BCUT2D eigenvalue weighted by atomic mass is 16.5. The van der Waals surface area contributed by atoms with Crippen molar-refractivity contribution in [2.75, 3.05) is 13.7 Å². The molecule has 0 unspecified atom stereocenters. The van der Waals surface area contributed by atoms with Gasteiger partial charge >= 0.3 is 0 Å². The highest BCUT2D eigenvalue weighted by molar-refractivity contribution is 5.98. The van der Waals surface area contributed by atoms with E-state index >= 15 is 0 Å². The molecule has 4 aromatic rings. The van der Waals surface area contributed by atoms with Gasteiger partial charge in [-0.05, 0) is 36.4 Å². The number of fused-ring (bicyclic) bond motifs is 1. The molecule has 0 aliphatic heterocycles. The summed E-state index contributed by atoms with van der Waals surface area (Å²) in [5.41, 5.74) is 2.77. The summed E-state index contributed by atoms with van der Waals surface area (Å²) in [4.78, 5) is 4.72. The summed E-state index contributed by atoms with van der Waals surface area (Å²) in [7, 11) is 1.67. The lowest BCUT2D eigenvalue weighted by Gasteiger charge is -2.08. The number of aliphatic hydroxyl groups excluding tert-OH is 1. The van der Waals surface area contributed by atoms with E-state index in [1.807, 2.05) is 54.2 Å². The molecule has 0 aliphatic carbocycles. The molecule has 4 rings (SSSR count). The Morgan fingerprint density at radius 2 is 1.96 bits per heavy atom. The van der Waals surface area contributed by atoms with Gasteiger partial charge < -0.3 is 14.3 Å². The summed E-state index contributed by atoms with van der Waals surface area (Å²) >= 11 is 0. The van der Waals surface area contributed by atoms with Crippen molar-refractivity contribution < 1.29 is 14.3 Å². The quantitative estimate of drug-likeness (QED) is 0.567. The molecule has 0 saturated heterocycles. The molecule has 0 radical (unpaired) electrons. The zero-order chi connectivity index (χ0) is 18.8. The van der Waals surface area contributed by atoms with Crippen LogP contribution in [0.1, 0.15) is 17.0 Å². The van der Waals surface area contributed by atoms with Crippen LogP contribution in [0.3, 0.4) is 0 Å². The Morgan fingerprint density at radius 3 is 2.74 bits per heavy atom. The van der Waals surface area contributed by atoms with Crippen LogP contribution < -0.4 is 4.74 Å². The van der Waals surface area contributed by atoms with Gasteiger partial charge in [0.1, 0.15) is 17.2 Å². The minimum Gasteiger partial charge on any atom is -0.496 e. The van der Waals surface area contributed by atoms with Crippen LogP contribution in [-0.4, -0.2) is 33.6 Å². The van der Waals surface area contributed by atoms with Crippen LogP contribution in [0.4, 0.5) is 0 Å². The zero-order valence-electron chi connectivity index (χ0n) is 15.3. The maximum Gasteiger partial charge on any atom is 0.227 e. The molecule has 0 bridgehead atoms. The van der Waals surface area contributed by atoms with Gasteiger partial charge in [-0.2, -0.15) is 5.10 Å². The van der Waals surface area contributed by atoms with Crippen molar-refractivity contribution in [1.29, 1.82) is 0 Å². The molecule has 0 atom stereocenters. The molecule has 0 fully saturated rings. The summed E-state index contributed by atoms with van der Waals surface area (Å²) in [5, 5.41) is 15.4. The molecule has 1 N–H and O–H groups in total. The first kappa shape index (κ1) is 17.3. The van der Waals surface area contributed by atoms with E-state index in [0.717, 1.165) is 39.1 Å². The summed E-state index contributed by atoms with van der Waals surface area (Å²) in [6.07, 6.45) is 4.29. The van der Waals surface area contributed by atoms with Gasteiger partial charge in [0.05, 0.1) is 19.9 Å². The Hall–Kier alpha value is -3.12. The van der Waals surface area contributed by atoms with E-state index in [2.05, 4.69) is 5.10 Å². The van der Waals surface area contributed by atoms with Crippen LogP contribution in [0.2, 0.25) is 0 Å². The first-order valence-electron chi connectivity index (χ1n) is 8.84. The third kappa shape index (κ3) is 3.31. The number of hydrogen-bond acceptors (Lipinski definition) is 5. The number of methoxy groups -OCH3 is 1. The van der Waals surface area contributed by atoms with Crippen LogP contribution in [-0.2, 0) is 13.0 Å². The molecule has 0 amide bonds. The second-order valence-corrected chi connectivity index (χ2v) is 6.40. The lowest BCUT2D eigenvalue weighted by Crippen LogP contribution is -2.01. The van der Waals surface area contributed by atoms with E-state index < -0.39 is 0 Å². The van der Waals surface area contributed by atoms with E-state index in [1.165, 1.54) is 0 Å². The van der Waals surface area contributed by atoms with Gasteiger partial charge in [0.2, 0.25) is 5.89 Å². The number of oxazole rings is 1. The normalized spacial score (nSPS) is 11.2. The van der Waals surface area contributed by atoms with Gasteiger partial charge in [0, 0.05) is 23.8 Å². The van der Waals surface area contributed by atoms with E-state index in [1.54, 1.807) is 13.3 Å². The maximum atomic E-state index is 9.04. The number of aryl methyl sites for hydroxylation is 1. The second-order valence-electron chi connectivity index (χ2n) is 6.40. The molecule has 2 aromatic carbocycles. The fraction of sp³-hybridized carbons (Fsp3) is 0.238. The Balaban J connectivity index is 1.70. The Bertz CT molecular complexity index is 1080. The summed E-state index contributed by atoms with van der Waals surface area (Å²) in [6, 6.07) is 12.0. The Labute approximate surface area is 157 Å². The Kier molecular flexibility index (Phi) is 4.64. The first-order valence-corrected chi connectivity index (χ1v) is 8.84. The summed E-state index contributed by atoms with van der Waals surface area (Å²) < 4.78 is 13.3. The largest absolute Gasteiger partial charge is 0.496 e. The molecule has 2 heterocycles. The number of benzene rings is 2. The van der Waals surface area contributed by atoms with Gasteiger partial charge in [0.15, 0.2) is 0 Å². The number of aromatic nitrogens is 3. The predicted molar refractivity (Wildman–Crippen MR) is 103 cm³/mol. The minimum absolute atomic E-state index is 0.114. The van der Waals surface area contributed by atoms with Crippen molar-refractivity contribution in [3.05, 3.63) is 65.8 Å². The molecule has 2 aromatic heterocycles. The minimum atomic E-state index is 0.114. The molecule has 27 heavy (non-hydrogen) atoms. The molecule has 6 nitrogen and oxygen atoms in total. The van der Waals surface area contributed by atoms with Crippen LogP contribution >= 0.6 is 0 Å². The number of hydrogen-bond donors (Lipinski definition) is 1. The lowest BCUT2D eigenvalue weighted by atomic mass is 10.0. The third-order valence-electron chi connectivity index (χ3n) is 4.63. The third-order valence-corrected chi connectivity index (χ3v) is 4.63. The van der Waals surface area contributed by atoms with Crippen LogP contribution in [0.15, 0.2) is 53.2 Å². The molecular weight excluding hydrogens is 342 g/mol. The van der Waals surface area contributed by atoms with Crippen LogP contribution in [0, 0.1) is 6.92 Å². The average Bonchev–Trinajstić information content (AvgIpc) is 3.28. The fourth-order valence-corrected chi connectivity index (χ4v) is 3.23. The molecule has 6 heteroatoms. The van der Waals surface area contributed by atoms with Gasteiger partial charge in [-0.15, -0.1) is 0 Å². The zero-order valence-corrected chi connectivity index (χ0v) is 15.3. The van der Waals surface area contributed by atoms with Crippen molar-refractivity contribution in [3.63, 3.8) is 0 Å². The Morgan fingerprint density at radius 1 is 1.15 bits per heavy atom.